The molecular formula is C26H31BrN2O5S2. The third-order valence-corrected chi connectivity index (χ3v) is 8.88. The minimum absolute atomic E-state index is 0.169. The van der Waals surface area contributed by atoms with Gasteiger partial charge in [-0.3, -0.25) is 4.79 Å². The second kappa shape index (κ2) is 13.2. The molecule has 7 nitrogen and oxygen atoms in total. The normalized spacial score (nSPS) is 11.5. The van der Waals surface area contributed by atoms with Crippen molar-refractivity contribution in [3.8, 4) is 11.5 Å². The Hall–Kier alpha value is -2.40. The molecule has 0 atom stereocenters. The van der Waals surface area contributed by atoms with Crippen molar-refractivity contribution < 1.29 is 22.7 Å². The highest BCUT2D eigenvalue weighted by Gasteiger charge is 2.28. The van der Waals surface area contributed by atoms with Crippen molar-refractivity contribution in [2.24, 2.45) is 0 Å². The maximum atomic E-state index is 13.5. The SMILES string of the molecule is CCCN(CC(=O)N(CCc1ccc(OC)c(OC)c1)Cc1cccs1)S(=O)(=O)c1ccc(Br)cc1. The van der Waals surface area contributed by atoms with Gasteiger partial charge in [0.2, 0.25) is 15.9 Å². The number of ether oxygens (including phenoxy) is 2. The van der Waals surface area contributed by atoms with Crippen LogP contribution in [0.1, 0.15) is 23.8 Å². The van der Waals surface area contributed by atoms with Gasteiger partial charge in [-0.2, -0.15) is 4.31 Å². The number of benzene rings is 2. The van der Waals surface area contributed by atoms with Gasteiger partial charge in [0.05, 0.1) is 32.2 Å². The molecule has 0 aliphatic rings. The molecule has 36 heavy (non-hydrogen) atoms. The highest BCUT2D eigenvalue weighted by Crippen LogP contribution is 2.28. The maximum Gasteiger partial charge on any atom is 0.243 e. The molecule has 2 aromatic carbocycles. The standard InChI is InChI=1S/C26H31BrN2O5S2/c1-4-14-29(36(31,32)23-10-8-21(27)9-11-23)19-26(30)28(18-22-6-5-16-35-22)15-13-20-7-12-24(33-2)25(17-20)34-3/h5-12,16-17H,4,13-15,18-19H2,1-3H3. The highest BCUT2D eigenvalue weighted by atomic mass is 79.9. The van der Waals surface area contributed by atoms with Crippen LogP contribution >= 0.6 is 27.3 Å². The van der Waals surface area contributed by atoms with E-state index in [-0.39, 0.29) is 23.9 Å². The number of hydrogen-bond acceptors (Lipinski definition) is 6. The van der Waals surface area contributed by atoms with E-state index >= 15 is 0 Å². The number of sulfonamides is 1. The van der Waals surface area contributed by atoms with Gasteiger partial charge in [0.1, 0.15) is 0 Å². The van der Waals surface area contributed by atoms with Crippen molar-refractivity contribution >= 4 is 43.2 Å². The first-order chi connectivity index (χ1) is 17.3. The predicted molar refractivity (Wildman–Crippen MR) is 146 cm³/mol. The lowest BCUT2D eigenvalue weighted by Gasteiger charge is -2.27. The Morgan fingerprint density at radius 1 is 1.00 bits per heavy atom. The van der Waals surface area contributed by atoms with E-state index in [2.05, 4.69) is 15.9 Å². The zero-order chi connectivity index (χ0) is 26.1. The Morgan fingerprint density at radius 3 is 2.33 bits per heavy atom. The van der Waals surface area contributed by atoms with Crippen molar-refractivity contribution in [1.29, 1.82) is 0 Å². The molecule has 1 amide bonds. The Morgan fingerprint density at radius 2 is 1.72 bits per heavy atom. The molecule has 3 rings (SSSR count). The van der Waals surface area contributed by atoms with Crippen molar-refractivity contribution in [2.75, 3.05) is 33.9 Å². The molecule has 1 aromatic heterocycles. The predicted octanol–water partition coefficient (Wildman–Crippen LogP) is 5.20. The Labute approximate surface area is 225 Å². The van der Waals surface area contributed by atoms with Crippen LogP contribution in [-0.2, 0) is 27.8 Å². The number of halogens is 1. The van der Waals surface area contributed by atoms with E-state index in [1.54, 1.807) is 54.7 Å². The van der Waals surface area contributed by atoms with Gasteiger partial charge in [0.15, 0.2) is 11.5 Å². The number of hydrogen-bond donors (Lipinski definition) is 0. The summed E-state index contributed by atoms with van der Waals surface area (Å²) in [4.78, 5) is 16.4. The first kappa shape index (κ1) is 28.2. The monoisotopic (exact) mass is 594 g/mol. The largest absolute Gasteiger partial charge is 0.493 e. The molecule has 3 aromatic rings. The zero-order valence-corrected chi connectivity index (χ0v) is 23.9. The molecule has 0 fully saturated rings. The smallest absolute Gasteiger partial charge is 0.243 e. The lowest BCUT2D eigenvalue weighted by Crippen LogP contribution is -2.43. The first-order valence-corrected chi connectivity index (χ1v) is 14.7. The third-order valence-electron chi connectivity index (χ3n) is 5.63. The molecule has 0 aliphatic carbocycles. The van der Waals surface area contributed by atoms with Gasteiger partial charge in [0, 0.05) is 22.4 Å². The number of methoxy groups -OCH3 is 2. The summed E-state index contributed by atoms with van der Waals surface area (Å²) in [6, 6.07) is 16.1. The number of amides is 1. The fourth-order valence-electron chi connectivity index (χ4n) is 3.72. The van der Waals surface area contributed by atoms with Crippen LogP contribution < -0.4 is 9.47 Å². The molecule has 0 saturated heterocycles. The van der Waals surface area contributed by atoms with Gasteiger partial charge in [-0.05, 0) is 66.2 Å². The minimum atomic E-state index is -3.82. The van der Waals surface area contributed by atoms with Gasteiger partial charge >= 0.3 is 0 Å². The molecule has 0 bridgehead atoms. The van der Waals surface area contributed by atoms with Crippen LogP contribution in [0.2, 0.25) is 0 Å². The summed E-state index contributed by atoms with van der Waals surface area (Å²) in [7, 11) is -0.645. The number of carbonyl (C=O) groups excluding carboxylic acids is 1. The van der Waals surface area contributed by atoms with Crippen LogP contribution in [-0.4, -0.2) is 57.4 Å². The fourth-order valence-corrected chi connectivity index (χ4v) is 6.19. The van der Waals surface area contributed by atoms with Crippen molar-refractivity contribution in [1.82, 2.24) is 9.21 Å². The van der Waals surface area contributed by atoms with Crippen LogP contribution in [0.25, 0.3) is 0 Å². The summed E-state index contributed by atoms with van der Waals surface area (Å²) in [5.74, 6) is 1.03. The zero-order valence-electron chi connectivity index (χ0n) is 20.6. The maximum absolute atomic E-state index is 13.5. The highest BCUT2D eigenvalue weighted by molar-refractivity contribution is 9.10. The average molecular weight is 596 g/mol. The topological polar surface area (TPSA) is 76.2 Å². The van der Waals surface area contributed by atoms with E-state index in [0.29, 0.717) is 37.4 Å². The fraction of sp³-hybridized carbons (Fsp3) is 0.346. The molecule has 0 N–H and O–H groups in total. The Balaban J connectivity index is 1.80. The van der Waals surface area contributed by atoms with Crippen LogP contribution in [0.5, 0.6) is 11.5 Å². The molecule has 0 radical (unpaired) electrons. The van der Waals surface area contributed by atoms with Crippen molar-refractivity contribution in [3.05, 3.63) is 74.9 Å². The van der Waals surface area contributed by atoms with E-state index < -0.39 is 10.0 Å². The van der Waals surface area contributed by atoms with E-state index in [1.807, 2.05) is 42.6 Å². The summed E-state index contributed by atoms with van der Waals surface area (Å²) in [5, 5.41) is 1.97. The molecule has 194 valence electrons. The van der Waals surface area contributed by atoms with Crippen LogP contribution in [0.3, 0.4) is 0 Å². The van der Waals surface area contributed by atoms with Gasteiger partial charge in [-0.15, -0.1) is 11.3 Å². The summed E-state index contributed by atoms with van der Waals surface area (Å²) >= 11 is 4.91. The Kier molecular flexibility index (Phi) is 10.4. The molecular weight excluding hydrogens is 564 g/mol. The van der Waals surface area contributed by atoms with Crippen molar-refractivity contribution in [3.63, 3.8) is 0 Å². The molecule has 0 saturated carbocycles. The number of carbonyl (C=O) groups is 1. The summed E-state index contributed by atoms with van der Waals surface area (Å²) in [6.45, 7) is 2.79. The quantitative estimate of drug-likeness (QED) is 0.272. The van der Waals surface area contributed by atoms with E-state index in [4.69, 9.17) is 9.47 Å². The van der Waals surface area contributed by atoms with E-state index in [0.717, 1.165) is 14.9 Å². The third kappa shape index (κ3) is 7.32. The lowest BCUT2D eigenvalue weighted by molar-refractivity contribution is -0.132. The molecule has 0 spiro atoms. The molecule has 0 aliphatic heterocycles. The summed E-state index contributed by atoms with van der Waals surface area (Å²) in [5.41, 5.74) is 0.990. The van der Waals surface area contributed by atoms with Crippen LogP contribution in [0.15, 0.2) is 69.3 Å². The van der Waals surface area contributed by atoms with Gasteiger partial charge in [0.25, 0.3) is 0 Å². The molecule has 1 heterocycles. The van der Waals surface area contributed by atoms with Gasteiger partial charge in [-0.25, -0.2) is 8.42 Å². The van der Waals surface area contributed by atoms with Gasteiger partial charge < -0.3 is 14.4 Å². The van der Waals surface area contributed by atoms with Crippen LogP contribution in [0.4, 0.5) is 0 Å². The minimum Gasteiger partial charge on any atom is -0.493 e. The van der Waals surface area contributed by atoms with E-state index in [1.165, 1.54) is 4.31 Å². The number of rotatable bonds is 13. The molecule has 0 unspecified atom stereocenters. The average Bonchev–Trinajstić information content (AvgIpc) is 3.39. The Bertz CT molecular complexity index is 1230. The number of nitrogens with zero attached hydrogens (tertiary/aromatic N) is 2. The van der Waals surface area contributed by atoms with Gasteiger partial charge in [-0.1, -0.05) is 35.0 Å². The summed E-state index contributed by atoms with van der Waals surface area (Å²) in [6.07, 6.45) is 1.18. The van der Waals surface area contributed by atoms with Crippen molar-refractivity contribution in [2.45, 2.75) is 31.2 Å². The number of thiophene rings is 1. The molecule has 10 heteroatoms. The second-order valence-corrected chi connectivity index (χ2v) is 12.0. The van der Waals surface area contributed by atoms with E-state index in [9.17, 15) is 13.2 Å². The summed E-state index contributed by atoms with van der Waals surface area (Å²) < 4.78 is 39.4. The van der Waals surface area contributed by atoms with Crippen LogP contribution in [0, 0.1) is 0 Å². The second-order valence-electron chi connectivity index (χ2n) is 8.13. The lowest BCUT2D eigenvalue weighted by atomic mass is 10.1. The first-order valence-electron chi connectivity index (χ1n) is 11.5.